The molecule has 0 aromatic heterocycles. The number of ether oxygens (including phenoxy) is 3. The van der Waals surface area contributed by atoms with Crippen LogP contribution in [0.2, 0.25) is 0 Å². The molecule has 0 bridgehead atoms. The van der Waals surface area contributed by atoms with E-state index in [9.17, 15) is 30.0 Å². The van der Waals surface area contributed by atoms with E-state index in [1.165, 1.54) is 0 Å². The lowest BCUT2D eigenvalue weighted by atomic mass is 9.99. The van der Waals surface area contributed by atoms with Gasteiger partial charge in [0.05, 0.1) is 13.2 Å². The van der Waals surface area contributed by atoms with Gasteiger partial charge in [-0.05, 0) is 0 Å². The van der Waals surface area contributed by atoms with E-state index >= 15 is 0 Å². The summed E-state index contributed by atoms with van der Waals surface area (Å²) in [5.41, 5.74) is 0. The van der Waals surface area contributed by atoms with Crippen LogP contribution in [-0.4, -0.2) is 105 Å². The lowest BCUT2D eigenvalue weighted by Crippen LogP contribution is -2.60. The molecule has 2 saturated heterocycles. The second-order valence-corrected chi connectivity index (χ2v) is 5.24. The summed E-state index contributed by atoms with van der Waals surface area (Å²) in [5.74, 6) is -2.46. The van der Waals surface area contributed by atoms with Gasteiger partial charge in [0.1, 0.15) is 30.5 Å². The Morgan fingerprint density at radius 2 is 1.74 bits per heavy atom. The van der Waals surface area contributed by atoms with Crippen molar-refractivity contribution in [1.29, 1.82) is 0 Å². The minimum absolute atomic E-state index is 0.707. The maximum absolute atomic E-state index is 11.7. The SMILES string of the molecule is O=C1O[C@H]([C@@H](O)CO)C(OC2O[C@H](CO)[C@@H](O)[C@H](O)[C@@H]2O)C1=O. The molecule has 11 heteroatoms. The third-order valence-corrected chi connectivity index (χ3v) is 3.70. The summed E-state index contributed by atoms with van der Waals surface area (Å²) in [6.07, 6.45) is -12.9. The number of hydrogen-bond acceptors (Lipinski definition) is 11. The zero-order chi connectivity index (χ0) is 17.3. The van der Waals surface area contributed by atoms with Crippen LogP contribution in [0, 0.1) is 0 Å². The fraction of sp³-hybridized carbons (Fsp3) is 0.833. The minimum Gasteiger partial charge on any atom is -0.450 e. The number of aliphatic hydroxyl groups is 6. The monoisotopic (exact) mass is 338 g/mol. The molecule has 0 spiro atoms. The highest BCUT2D eigenvalue weighted by Crippen LogP contribution is 2.27. The van der Waals surface area contributed by atoms with Gasteiger partial charge in [-0.15, -0.1) is 0 Å². The molecule has 0 amide bonds. The van der Waals surface area contributed by atoms with Crippen LogP contribution in [0.25, 0.3) is 0 Å². The summed E-state index contributed by atoms with van der Waals surface area (Å²) >= 11 is 0. The van der Waals surface area contributed by atoms with E-state index in [0.717, 1.165) is 0 Å². The number of Topliss-reactive ketones (excluding diaryl/α,β-unsaturated/α-hetero) is 1. The first kappa shape index (κ1) is 18.2. The molecule has 2 aliphatic rings. The Balaban J connectivity index is 2.15. The summed E-state index contributed by atoms with van der Waals surface area (Å²) in [6, 6.07) is 0. The van der Waals surface area contributed by atoms with Crippen LogP contribution < -0.4 is 0 Å². The lowest BCUT2D eigenvalue weighted by Gasteiger charge is -2.40. The third-order valence-electron chi connectivity index (χ3n) is 3.70. The van der Waals surface area contributed by atoms with Crippen molar-refractivity contribution < 1.29 is 54.4 Å². The lowest BCUT2D eigenvalue weighted by molar-refractivity contribution is -0.312. The Morgan fingerprint density at radius 3 is 2.30 bits per heavy atom. The van der Waals surface area contributed by atoms with Gasteiger partial charge in [0.15, 0.2) is 18.5 Å². The van der Waals surface area contributed by atoms with Crippen LogP contribution in [0.5, 0.6) is 0 Å². The molecule has 2 heterocycles. The third kappa shape index (κ3) is 3.36. The number of aliphatic hydroxyl groups excluding tert-OH is 6. The summed E-state index contributed by atoms with van der Waals surface area (Å²) in [5, 5.41) is 56.6. The van der Waals surface area contributed by atoms with Crippen LogP contribution in [0.1, 0.15) is 0 Å². The molecule has 2 fully saturated rings. The average Bonchev–Trinajstić information content (AvgIpc) is 2.82. The molecule has 8 atom stereocenters. The quantitative estimate of drug-likeness (QED) is 0.208. The normalized spacial score (nSPS) is 42.6. The molecule has 11 nitrogen and oxygen atoms in total. The molecule has 0 aliphatic carbocycles. The van der Waals surface area contributed by atoms with Crippen LogP contribution in [0.3, 0.4) is 0 Å². The maximum atomic E-state index is 11.7. The zero-order valence-electron chi connectivity index (χ0n) is 11.8. The highest BCUT2D eigenvalue weighted by Gasteiger charge is 2.52. The number of rotatable bonds is 5. The molecule has 0 saturated carbocycles. The summed E-state index contributed by atoms with van der Waals surface area (Å²) in [6.45, 7) is -1.53. The van der Waals surface area contributed by atoms with Crippen molar-refractivity contribution in [1.82, 2.24) is 0 Å². The van der Waals surface area contributed by atoms with E-state index in [4.69, 9.17) is 19.7 Å². The van der Waals surface area contributed by atoms with Crippen molar-refractivity contribution in [3.05, 3.63) is 0 Å². The average molecular weight is 338 g/mol. The minimum atomic E-state index is -1.79. The summed E-state index contributed by atoms with van der Waals surface area (Å²) < 4.78 is 14.7. The van der Waals surface area contributed by atoms with Crippen molar-refractivity contribution in [2.75, 3.05) is 13.2 Å². The van der Waals surface area contributed by atoms with Gasteiger partial charge in [-0.2, -0.15) is 0 Å². The van der Waals surface area contributed by atoms with Gasteiger partial charge in [-0.3, -0.25) is 4.79 Å². The Kier molecular flexibility index (Phi) is 5.65. The number of carbonyl (C=O) groups is 2. The van der Waals surface area contributed by atoms with Gasteiger partial charge in [0, 0.05) is 0 Å². The number of cyclic esters (lactones) is 1. The smallest absolute Gasteiger partial charge is 0.378 e. The van der Waals surface area contributed by atoms with Crippen LogP contribution in [-0.2, 0) is 23.8 Å². The number of hydrogen-bond donors (Lipinski definition) is 6. The van der Waals surface area contributed by atoms with Crippen molar-refractivity contribution >= 4 is 11.8 Å². The summed E-state index contributed by atoms with van der Waals surface area (Å²) in [7, 11) is 0. The molecule has 132 valence electrons. The van der Waals surface area contributed by atoms with Crippen molar-refractivity contribution in [3.8, 4) is 0 Å². The van der Waals surface area contributed by atoms with E-state index in [1.807, 2.05) is 0 Å². The van der Waals surface area contributed by atoms with Crippen LogP contribution in [0.15, 0.2) is 0 Å². The van der Waals surface area contributed by atoms with Gasteiger partial charge in [-0.25, -0.2) is 4.79 Å². The first-order chi connectivity index (χ1) is 10.8. The van der Waals surface area contributed by atoms with Crippen LogP contribution in [0.4, 0.5) is 0 Å². The Bertz CT molecular complexity index is 452. The van der Waals surface area contributed by atoms with Crippen molar-refractivity contribution in [3.63, 3.8) is 0 Å². The summed E-state index contributed by atoms with van der Waals surface area (Å²) in [4.78, 5) is 23.0. The van der Waals surface area contributed by atoms with Gasteiger partial charge in [0.25, 0.3) is 5.78 Å². The fourth-order valence-electron chi connectivity index (χ4n) is 2.36. The largest absolute Gasteiger partial charge is 0.450 e. The van der Waals surface area contributed by atoms with Gasteiger partial charge in [-0.1, -0.05) is 0 Å². The molecular weight excluding hydrogens is 320 g/mol. The Morgan fingerprint density at radius 1 is 1.09 bits per heavy atom. The molecule has 23 heavy (non-hydrogen) atoms. The van der Waals surface area contributed by atoms with Gasteiger partial charge < -0.3 is 44.8 Å². The predicted molar refractivity (Wildman–Crippen MR) is 66.6 cm³/mol. The molecule has 0 aromatic rings. The molecule has 2 aliphatic heterocycles. The Labute approximate surface area is 129 Å². The van der Waals surface area contributed by atoms with E-state index in [-0.39, 0.29) is 0 Å². The van der Waals surface area contributed by atoms with E-state index in [0.29, 0.717) is 0 Å². The Hall–Kier alpha value is -1.18. The second kappa shape index (κ2) is 7.15. The fourth-order valence-corrected chi connectivity index (χ4v) is 2.36. The number of ketones is 1. The first-order valence-electron chi connectivity index (χ1n) is 6.81. The van der Waals surface area contributed by atoms with E-state index < -0.39 is 74.0 Å². The van der Waals surface area contributed by atoms with Gasteiger partial charge in [0.2, 0.25) is 0 Å². The van der Waals surface area contributed by atoms with E-state index in [1.54, 1.807) is 0 Å². The van der Waals surface area contributed by atoms with E-state index in [2.05, 4.69) is 4.74 Å². The molecular formula is C12H18O11. The topological polar surface area (TPSA) is 183 Å². The van der Waals surface area contributed by atoms with Crippen molar-refractivity contribution in [2.24, 2.45) is 0 Å². The molecule has 0 aromatic carbocycles. The molecule has 2 rings (SSSR count). The second-order valence-electron chi connectivity index (χ2n) is 5.24. The molecule has 0 radical (unpaired) electrons. The number of esters is 1. The highest BCUT2D eigenvalue weighted by molar-refractivity contribution is 6.37. The van der Waals surface area contributed by atoms with Gasteiger partial charge >= 0.3 is 5.97 Å². The van der Waals surface area contributed by atoms with Crippen molar-refractivity contribution in [2.45, 2.75) is 49.0 Å². The zero-order valence-corrected chi connectivity index (χ0v) is 11.8. The first-order valence-corrected chi connectivity index (χ1v) is 6.81. The molecule has 2 unspecified atom stereocenters. The standard InChI is InChI=1S/C12H18O11/c13-1-3(15)9-10(8(19)11(20)22-9)23-12-7(18)6(17)5(16)4(2-14)21-12/h3-7,9-10,12-18H,1-2H2/t3-,4+,5+,6-,7-,9+,10?,12?/m0/s1. The predicted octanol–water partition coefficient (Wildman–Crippen LogP) is -4.98. The number of carbonyl (C=O) groups excluding carboxylic acids is 2. The maximum Gasteiger partial charge on any atom is 0.378 e. The highest BCUT2D eigenvalue weighted by atomic mass is 16.7. The molecule has 6 N–H and O–H groups in total. The van der Waals surface area contributed by atoms with Crippen LogP contribution >= 0.6 is 0 Å².